The zero-order valence-electron chi connectivity index (χ0n) is 11.4. The first-order chi connectivity index (χ1) is 10.5. The van der Waals surface area contributed by atoms with Crippen molar-refractivity contribution < 1.29 is 9.53 Å². The maximum absolute atomic E-state index is 11.7. The highest BCUT2D eigenvalue weighted by atomic mass is 35.5. The predicted octanol–water partition coefficient (Wildman–Crippen LogP) is 4.85. The van der Waals surface area contributed by atoms with Gasteiger partial charge in [-0.2, -0.15) is 0 Å². The molecule has 7 heteroatoms. The number of rotatable bonds is 5. The minimum absolute atomic E-state index is 0.329. The molecule has 2 amide bonds. The molecule has 0 atom stereocenters. The smallest absolute Gasteiger partial charge is 0.319 e. The number of hydrogen-bond acceptors (Lipinski definition) is 2. The zero-order chi connectivity index (χ0) is 15.9. The van der Waals surface area contributed by atoms with Crippen molar-refractivity contribution in [2.45, 2.75) is 0 Å². The molecule has 116 valence electrons. The van der Waals surface area contributed by atoms with Crippen LogP contribution in [0, 0.1) is 0 Å². The molecule has 2 aromatic rings. The van der Waals surface area contributed by atoms with Crippen molar-refractivity contribution in [3.05, 3.63) is 57.5 Å². The van der Waals surface area contributed by atoms with Crippen LogP contribution in [-0.2, 0) is 0 Å². The molecule has 2 aromatic carbocycles. The maximum atomic E-state index is 11.7. The highest BCUT2D eigenvalue weighted by molar-refractivity contribution is 6.42. The van der Waals surface area contributed by atoms with Gasteiger partial charge < -0.3 is 15.4 Å². The molecular weight excluding hydrogens is 347 g/mol. The average Bonchev–Trinajstić information content (AvgIpc) is 2.48. The number of ether oxygens (including phenoxy) is 1. The lowest BCUT2D eigenvalue weighted by atomic mass is 10.3. The molecule has 0 aromatic heterocycles. The summed E-state index contributed by atoms with van der Waals surface area (Å²) in [6.07, 6.45) is 0. The molecule has 4 nitrogen and oxygen atoms in total. The van der Waals surface area contributed by atoms with E-state index in [4.69, 9.17) is 39.5 Å². The summed E-state index contributed by atoms with van der Waals surface area (Å²) in [5, 5.41) is 6.73. The van der Waals surface area contributed by atoms with Crippen LogP contribution in [0.4, 0.5) is 10.5 Å². The molecule has 0 aliphatic rings. The monoisotopic (exact) mass is 358 g/mol. The van der Waals surface area contributed by atoms with Gasteiger partial charge in [-0.25, -0.2) is 4.79 Å². The number of benzene rings is 2. The maximum Gasteiger partial charge on any atom is 0.319 e. The molecule has 0 heterocycles. The van der Waals surface area contributed by atoms with Gasteiger partial charge in [0.05, 0.1) is 16.6 Å². The lowest BCUT2D eigenvalue weighted by molar-refractivity contribution is 0.247. The van der Waals surface area contributed by atoms with Crippen molar-refractivity contribution in [2.75, 3.05) is 18.5 Å². The molecule has 0 aliphatic carbocycles. The Morgan fingerprint density at radius 1 is 1.05 bits per heavy atom. The Balaban J connectivity index is 1.72. The van der Waals surface area contributed by atoms with Crippen LogP contribution in [0.1, 0.15) is 0 Å². The summed E-state index contributed by atoms with van der Waals surface area (Å²) in [5.41, 5.74) is 0.558. The van der Waals surface area contributed by atoms with Gasteiger partial charge in [0, 0.05) is 10.7 Å². The van der Waals surface area contributed by atoms with Crippen LogP contribution in [0.3, 0.4) is 0 Å². The Morgan fingerprint density at radius 3 is 2.59 bits per heavy atom. The number of anilines is 1. The van der Waals surface area contributed by atoms with Gasteiger partial charge in [-0.15, -0.1) is 0 Å². The molecule has 22 heavy (non-hydrogen) atoms. The average molecular weight is 360 g/mol. The number of urea groups is 1. The van der Waals surface area contributed by atoms with Crippen molar-refractivity contribution in [1.29, 1.82) is 0 Å². The van der Waals surface area contributed by atoms with Gasteiger partial charge in [-0.1, -0.05) is 40.9 Å². The van der Waals surface area contributed by atoms with E-state index in [1.54, 1.807) is 42.5 Å². The van der Waals surface area contributed by atoms with Gasteiger partial charge in [-0.3, -0.25) is 0 Å². The Labute approximate surface area is 143 Å². The Bertz CT molecular complexity index is 665. The van der Waals surface area contributed by atoms with Crippen molar-refractivity contribution >= 4 is 46.5 Å². The van der Waals surface area contributed by atoms with E-state index in [1.807, 2.05) is 0 Å². The van der Waals surface area contributed by atoms with E-state index < -0.39 is 0 Å². The van der Waals surface area contributed by atoms with Gasteiger partial charge in [0.15, 0.2) is 0 Å². The van der Waals surface area contributed by atoms with E-state index in [0.29, 0.717) is 39.7 Å². The highest BCUT2D eigenvalue weighted by Crippen LogP contribution is 2.24. The second-order valence-corrected chi connectivity index (χ2v) is 5.57. The number of halogens is 3. The topological polar surface area (TPSA) is 50.4 Å². The molecular formula is C15H13Cl3N2O2. The Morgan fingerprint density at radius 2 is 1.86 bits per heavy atom. The number of carbonyl (C=O) groups is 1. The zero-order valence-corrected chi connectivity index (χ0v) is 13.7. The minimum Gasteiger partial charge on any atom is -0.492 e. The van der Waals surface area contributed by atoms with Crippen molar-refractivity contribution in [3.8, 4) is 5.75 Å². The molecule has 0 saturated heterocycles. The van der Waals surface area contributed by atoms with Gasteiger partial charge >= 0.3 is 6.03 Å². The molecule has 0 unspecified atom stereocenters. The van der Waals surface area contributed by atoms with Gasteiger partial charge in [0.25, 0.3) is 0 Å². The molecule has 2 N–H and O–H groups in total. The predicted molar refractivity (Wildman–Crippen MR) is 90.4 cm³/mol. The molecule has 0 fully saturated rings. The number of nitrogens with one attached hydrogen (secondary N) is 2. The first-order valence-corrected chi connectivity index (χ1v) is 7.56. The van der Waals surface area contributed by atoms with Crippen LogP contribution in [0.15, 0.2) is 42.5 Å². The van der Waals surface area contributed by atoms with Gasteiger partial charge in [-0.05, 0) is 36.4 Å². The number of carbonyl (C=O) groups excluding carboxylic acids is 1. The lowest BCUT2D eigenvalue weighted by Crippen LogP contribution is -2.32. The van der Waals surface area contributed by atoms with Crippen LogP contribution in [0.25, 0.3) is 0 Å². The third kappa shape index (κ3) is 5.30. The summed E-state index contributed by atoms with van der Waals surface area (Å²) in [4.78, 5) is 11.7. The number of amides is 2. The standard InChI is InChI=1S/C15H13Cl3N2O2/c16-10-2-1-3-12(8-10)22-7-6-19-15(21)20-11-4-5-13(17)14(18)9-11/h1-5,8-9H,6-7H2,(H2,19,20,21). The fraction of sp³-hybridized carbons (Fsp3) is 0.133. The summed E-state index contributed by atoms with van der Waals surface area (Å²) in [6.45, 7) is 0.675. The summed E-state index contributed by atoms with van der Waals surface area (Å²) < 4.78 is 5.46. The normalized spacial score (nSPS) is 10.1. The van der Waals surface area contributed by atoms with Gasteiger partial charge in [0.1, 0.15) is 12.4 Å². The van der Waals surface area contributed by atoms with Crippen molar-refractivity contribution in [2.24, 2.45) is 0 Å². The fourth-order valence-corrected chi connectivity index (χ4v) is 2.12. The largest absolute Gasteiger partial charge is 0.492 e. The van der Waals surface area contributed by atoms with Crippen LogP contribution < -0.4 is 15.4 Å². The first kappa shape index (κ1) is 16.7. The molecule has 0 radical (unpaired) electrons. The summed E-state index contributed by atoms with van der Waals surface area (Å²) in [6, 6.07) is 11.6. The lowest BCUT2D eigenvalue weighted by Gasteiger charge is -2.09. The molecule has 2 rings (SSSR count). The first-order valence-electron chi connectivity index (χ1n) is 6.43. The highest BCUT2D eigenvalue weighted by Gasteiger charge is 2.04. The summed E-state index contributed by atoms with van der Waals surface area (Å²) in [5.74, 6) is 0.652. The van der Waals surface area contributed by atoms with Crippen LogP contribution in [-0.4, -0.2) is 19.2 Å². The SMILES string of the molecule is O=C(NCCOc1cccc(Cl)c1)Nc1ccc(Cl)c(Cl)c1. The van der Waals surface area contributed by atoms with Crippen LogP contribution >= 0.6 is 34.8 Å². The van der Waals surface area contributed by atoms with Gasteiger partial charge in [0.2, 0.25) is 0 Å². The molecule has 0 bridgehead atoms. The van der Waals surface area contributed by atoms with Crippen LogP contribution in [0.5, 0.6) is 5.75 Å². The fourth-order valence-electron chi connectivity index (χ4n) is 1.64. The molecule has 0 aliphatic heterocycles. The Hall–Kier alpha value is -1.62. The Kier molecular flexibility index (Phi) is 6.19. The third-order valence-corrected chi connectivity index (χ3v) is 3.60. The van der Waals surface area contributed by atoms with Crippen LogP contribution in [0.2, 0.25) is 15.1 Å². The third-order valence-electron chi connectivity index (χ3n) is 2.63. The van der Waals surface area contributed by atoms with E-state index in [0.717, 1.165) is 0 Å². The molecule has 0 spiro atoms. The van der Waals surface area contributed by atoms with E-state index in [9.17, 15) is 4.79 Å². The van der Waals surface area contributed by atoms with E-state index in [-0.39, 0.29) is 6.03 Å². The second-order valence-electron chi connectivity index (χ2n) is 4.32. The van der Waals surface area contributed by atoms with E-state index >= 15 is 0 Å². The summed E-state index contributed by atoms with van der Waals surface area (Å²) >= 11 is 17.5. The van der Waals surface area contributed by atoms with Crippen molar-refractivity contribution in [3.63, 3.8) is 0 Å². The van der Waals surface area contributed by atoms with Crippen molar-refractivity contribution in [1.82, 2.24) is 5.32 Å². The minimum atomic E-state index is -0.354. The second kappa shape index (κ2) is 8.13. The quantitative estimate of drug-likeness (QED) is 0.750. The van der Waals surface area contributed by atoms with E-state index in [2.05, 4.69) is 10.6 Å². The summed E-state index contributed by atoms with van der Waals surface area (Å²) in [7, 11) is 0. The molecule has 0 saturated carbocycles. The number of hydrogen-bond donors (Lipinski definition) is 2. The van der Waals surface area contributed by atoms with E-state index in [1.165, 1.54) is 0 Å².